The van der Waals surface area contributed by atoms with E-state index in [0.717, 1.165) is 0 Å². The number of thioether (sulfide) groups is 1. The maximum Gasteiger partial charge on any atom is 0.322 e. The molecule has 3 unspecified atom stereocenters. The van der Waals surface area contributed by atoms with Crippen LogP contribution in [0.15, 0.2) is 4.99 Å². The summed E-state index contributed by atoms with van der Waals surface area (Å²) in [5, 5.41) is 24.6. The summed E-state index contributed by atoms with van der Waals surface area (Å²) in [6, 6.07) is -3.65. The Morgan fingerprint density at radius 2 is 1.56 bits per heavy atom. The Labute approximate surface area is 189 Å². The lowest BCUT2D eigenvalue weighted by Gasteiger charge is -2.23. The fourth-order valence-electron chi connectivity index (χ4n) is 2.37. The Kier molecular flexibility index (Phi) is 14.2. The van der Waals surface area contributed by atoms with Crippen molar-refractivity contribution in [3.63, 3.8) is 0 Å². The summed E-state index contributed by atoms with van der Waals surface area (Å²) in [5.41, 5.74) is 16.2. The number of amides is 3. The minimum Gasteiger partial charge on any atom is -0.481 e. The van der Waals surface area contributed by atoms with Crippen molar-refractivity contribution >= 4 is 47.4 Å². The Balaban J connectivity index is 5.29. The summed E-state index contributed by atoms with van der Waals surface area (Å²) < 4.78 is 0. The van der Waals surface area contributed by atoms with E-state index in [-0.39, 0.29) is 25.3 Å². The van der Waals surface area contributed by atoms with Crippen molar-refractivity contribution < 1.29 is 34.2 Å². The van der Waals surface area contributed by atoms with E-state index in [1.165, 1.54) is 11.8 Å². The molecule has 15 heteroatoms. The van der Waals surface area contributed by atoms with E-state index < -0.39 is 60.8 Å². The maximum atomic E-state index is 12.6. The number of aliphatic carboxylic acids is 2. The van der Waals surface area contributed by atoms with Crippen molar-refractivity contribution in [2.45, 2.75) is 43.8 Å². The van der Waals surface area contributed by atoms with Gasteiger partial charge in [-0.3, -0.25) is 29.0 Å². The Bertz CT molecular complexity index is 701. The second-order valence-corrected chi connectivity index (χ2v) is 7.65. The third-order valence-electron chi connectivity index (χ3n) is 3.97. The minimum absolute atomic E-state index is 0.0228. The number of hydrogen-bond donors (Lipinski definition) is 8. The minimum atomic E-state index is -1.49. The molecule has 3 amide bonds. The van der Waals surface area contributed by atoms with E-state index in [2.05, 4.69) is 20.9 Å². The lowest BCUT2D eigenvalue weighted by molar-refractivity contribution is -0.141. The Hall–Kier alpha value is -3.07. The van der Waals surface area contributed by atoms with Crippen LogP contribution in [0.2, 0.25) is 0 Å². The molecule has 0 aliphatic rings. The number of hydrogen-bond acceptors (Lipinski definition) is 8. The van der Waals surface area contributed by atoms with Crippen LogP contribution in [0.25, 0.3) is 0 Å². The van der Waals surface area contributed by atoms with Crippen molar-refractivity contribution in [3.8, 4) is 0 Å². The number of carboxylic acid groups (broad SMARTS) is 2. The third-order valence-corrected chi connectivity index (χ3v) is 4.62. The van der Waals surface area contributed by atoms with Crippen LogP contribution in [0.3, 0.4) is 0 Å². The van der Waals surface area contributed by atoms with E-state index in [9.17, 15) is 24.0 Å². The lowest BCUT2D eigenvalue weighted by Crippen LogP contribution is -2.56. The first-order chi connectivity index (χ1) is 15.0. The van der Waals surface area contributed by atoms with Gasteiger partial charge in [0.15, 0.2) is 5.96 Å². The smallest absolute Gasteiger partial charge is 0.322 e. The molecule has 0 radical (unpaired) electrons. The highest BCUT2D eigenvalue weighted by Crippen LogP contribution is 2.04. The highest BCUT2D eigenvalue weighted by Gasteiger charge is 2.29. The zero-order chi connectivity index (χ0) is 24.7. The monoisotopic (exact) mass is 477 g/mol. The average Bonchev–Trinajstić information content (AvgIpc) is 2.70. The summed E-state index contributed by atoms with van der Waals surface area (Å²) in [6.07, 6.45) is 1.67. The molecule has 32 heavy (non-hydrogen) atoms. The predicted molar refractivity (Wildman–Crippen MR) is 118 cm³/mol. The topological polar surface area (TPSA) is 252 Å². The number of aliphatic imine (C=N–C) groups is 1. The first kappa shape index (κ1) is 28.9. The molecule has 0 aromatic rings. The fraction of sp³-hybridized carbons (Fsp3) is 0.647. The zero-order valence-electron chi connectivity index (χ0n) is 17.7. The molecule has 0 aromatic heterocycles. The highest BCUT2D eigenvalue weighted by molar-refractivity contribution is 7.98. The number of rotatable bonds is 16. The molecule has 0 heterocycles. The summed E-state index contributed by atoms with van der Waals surface area (Å²) in [6.45, 7) is -0.542. The fourth-order valence-corrected chi connectivity index (χ4v) is 2.86. The van der Waals surface area contributed by atoms with Gasteiger partial charge in [0.2, 0.25) is 17.7 Å². The molecule has 0 rings (SSSR count). The molecule has 0 aliphatic carbocycles. The number of carboxylic acids is 2. The number of carbonyl (C=O) groups excluding carboxylic acids is 3. The van der Waals surface area contributed by atoms with Crippen LogP contribution in [-0.2, 0) is 24.0 Å². The molecule has 3 atom stereocenters. The van der Waals surface area contributed by atoms with Crippen molar-refractivity contribution in [2.24, 2.45) is 22.2 Å². The number of nitrogens with zero attached hydrogens (tertiary/aromatic N) is 1. The predicted octanol–water partition coefficient (Wildman–Crippen LogP) is -3.23. The molecular formula is C17H31N7O7S. The van der Waals surface area contributed by atoms with Crippen molar-refractivity contribution in [3.05, 3.63) is 0 Å². The number of nitrogens with one attached hydrogen (secondary N) is 3. The number of carbonyl (C=O) groups is 5. The van der Waals surface area contributed by atoms with Crippen LogP contribution in [0, 0.1) is 0 Å². The van der Waals surface area contributed by atoms with Crippen LogP contribution < -0.4 is 33.2 Å². The Morgan fingerprint density at radius 3 is 2.09 bits per heavy atom. The molecule has 0 bridgehead atoms. The van der Waals surface area contributed by atoms with Crippen molar-refractivity contribution in [1.29, 1.82) is 0 Å². The van der Waals surface area contributed by atoms with Gasteiger partial charge in [-0.2, -0.15) is 11.8 Å². The van der Waals surface area contributed by atoms with Gasteiger partial charge in [-0.1, -0.05) is 0 Å². The third kappa shape index (κ3) is 13.3. The largest absolute Gasteiger partial charge is 0.481 e. The van der Waals surface area contributed by atoms with Crippen LogP contribution in [0.1, 0.15) is 25.7 Å². The van der Waals surface area contributed by atoms with E-state index >= 15 is 0 Å². The SMILES string of the molecule is CSCCC(N)C(=O)NC(CC(=O)O)C(=O)NC(CCCN=C(N)N)C(=O)NCC(=O)O. The van der Waals surface area contributed by atoms with Gasteiger partial charge in [-0.05, 0) is 31.3 Å². The highest BCUT2D eigenvalue weighted by atomic mass is 32.2. The van der Waals surface area contributed by atoms with Gasteiger partial charge in [-0.15, -0.1) is 0 Å². The molecular weight excluding hydrogens is 446 g/mol. The summed E-state index contributed by atoms with van der Waals surface area (Å²) >= 11 is 1.47. The molecule has 0 aliphatic heterocycles. The van der Waals surface area contributed by atoms with Gasteiger partial charge in [0.05, 0.1) is 12.5 Å². The first-order valence-electron chi connectivity index (χ1n) is 9.59. The second-order valence-electron chi connectivity index (χ2n) is 6.67. The van der Waals surface area contributed by atoms with E-state index in [0.29, 0.717) is 12.2 Å². The quantitative estimate of drug-likeness (QED) is 0.0622. The Morgan fingerprint density at radius 1 is 0.938 bits per heavy atom. The van der Waals surface area contributed by atoms with Gasteiger partial charge < -0.3 is 43.4 Å². The second kappa shape index (κ2) is 15.7. The average molecular weight is 478 g/mol. The van der Waals surface area contributed by atoms with Crippen molar-refractivity contribution in [1.82, 2.24) is 16.0 Å². The standard InChI is InChI=1S/C17H31N7O7S/c1-32-6-4-9(18)14(29)24-11(7-12(25)26)16(31)23-10(3-2-5-21-17(19)20)15(30)22-8-13(27)28/h9-11H,2-8,18H2,1H3,(H,22,30)(H,23,31)(H,24,29)(H,25,26)(H,27,28)(H4,19,20,21). The molecule has 182 valence electrons. The van der Waals surface area contributed by atoms with Crippen molar-refractivity contribution in [2.75, 3.05) is 25.1 Å². The summed E-state index contributed by atoms with van der Waals surface area (Å²) in [5.74, 6) is -4.67. The van der Waals surface area contributed by atoms with Crippen LogP contribution in [0.4, 0.5) is 0 Å². The normalized spacial score (nSPS) is 13.2. The summed E-state index contributed by atoms with van der Waals surface area (Å²) in [7, 11) is 0. The van der Waals surface area contributed by atoms with Crippen LogP contribution in [-0.4, -0.2) is 89.1 Å². The van der Waals surface area contributed by atoms with Gasteiger partial charge in [0.25, 0.3) is 0 Å². The van der Waals surface area contributed by atoms with Gasteiger partial charge in [-0.25, -0.2) is 0 Å². The van der Waals surface area contributed by atoms with E-state index in [1.54, 1.807) is 0 Å². The maximum absolute atomic E-state index is 12.6. The molecule has 11 N–H and O–H groups in total. The molecule has 14 nitrogen and oxygen atoms in total. The van der Waals surface area contributed by atoms with Crippen LogP contribution >= 0.6 is 11.8 Å². The molecule has 0 spiro atoms. The van der Waals surface area contributed by atoms with E-state index in [4.69, 9.17) is 27.4 Å². The van der Waals surface area contributed by atoms with Gasteiger partial charge in [0, 0.05) is 6.54 Å². The number of guanidine groups is 1. The number of nitrogens with two attached hydrogens (primary N) is 3. The van der Waals surface area contributed by atoms with E-state index in [1.807, 2.05) is 6.26 Å². The molecule has 0 fully saturated rings. The van der Waals surface area contributed by atoms with Crippen LogP contribution in [0.5, 0.6) is 0 Å². The molecule has 0 saturated carbocycles. The first-order valence-corrected chi connectivity index (χ1v) is 11.0. The lowest BCUT2D eigenvalue weighted by atomic mass is 10.1. The molecule has 0 saturated heterocycles. The summed E-state index contributed by atoms with van der Waals surface area (Å²) in [4.78, 5) is 62.8. The molecule has 0 aromatic carbocycles. The zero-order valence-corrected chi connectivity index (χ0v) is 18.5. The van der Waals surface area contributed by atoms with Gasteiger partial charge >= 0.3 is 11.9 Å². The van der Waals surface area contributed by atoms with Gasteiger partial charge in [0.1, 0.15) is 18.6 Å².